The summed E-state index contributed by atoms with van der Waals surface area (Å²) < 4.78 is 0. The van der Waals surface area contributed by atoms with Crippen LogP contribution in [0.3, 0.4) is 0 Å². The lowest BCUT2D eigenvalue weighted by Gasteiger charge is -2.03. The molecule has 0 bridgehead atoms. The van der Waals surface area contributed by atoms with Crippen molar-refractivity contribution in [3.8, 4) is 0 Å². The fourth-order valence-corrected chi connectivity index (χ4v) is 6.15. The van der Waals surface area contributed by atoms with Crippen molar-refractivity contribution in [2.75, 3.05) is 0 Å². The van der Waals surface area contributed by atoms with Crippen LogP contribution in [0.4, 0.5) is 0 Å². The van der Waals surface area contributed by atoms with Crippen LogP contribution in [-0.2, 0) is 0 Å². The Morgan fingerprint density at radius 1 is 0.220 bits per heavy atom. The van der Waals surface area contributed by atoms with Crippen LogP contribution in [0, 0.1) is 0 Å². The van der Waals surface area contributed by atoms with Crippen molar-refractivity contribution in [1.82, 2.24) is 0 Å². The summed E-state index contributed by atoms with van der Waals surface area (Å²) in [6, 6.07) is 0. The maximum Gasteiger partial charge on any atom is -0.0348 e. The average molecular weight is 573 g/mol. The van der Waals surface area contributed by atoms with Gasteiger partial charge in [-0.15, -0.1) is 0 Å². The van der Waals surface area contributed by atoms with Gasteiger partial charge in [-0.2, -0.15) is 0 Å². The van der Waals surface area contributed by atoms with E-state index in [0.29, 0.717) is 0 Å². The summed E-state index contributed by atoms with van der Waals surface area (Å²) in [6.45, 7) is 4.61. The molecule has 0 heteroatoms. The van der Waals surface area contributed by atoms with Crippen LogP contribution in [0.25, 0.3) is 0 Å². The van der Waals surface area contributed by atoms with Gasteiger partial charge in [0, 0.05) is 0 Å². The van der Waals surface area contributed by atoms with Crippen molar-refractivity contribution < 1.29 is 0 Å². The molecule has 0 N–H and O–H groups in total. The van der Waals surface area contributed by atoms with Gasteiger partial charge >= 0.3 is 0 Å². The SMILES string of the molecule is CCCCCCCCCCCCCCCCCC/C=C/C=CCCCCCCCCCCCCCCCCCCC. The van der Waals surface area contributed by atoms with Crippen LogP contribution in [0.15, 0.2) is 24.3 Å². The Morgan fingerprint density at radius 3 is 0.585 bits per heavy atom. The lowest BCUT2D eigenvalue weighted by Crippen LogP contribution is -1.83. The van der Waals surface area contributed by atoms with Crippen molar-refractivity contribution in [2.45, 2.75) is 239 Å². The van der Waals surface area contributed by atoms with Gasteiger partial charge in [-0.1, -0.05) is 237 Å². The van der Waals surface area contributed by atoms with Crippen LogP contribution in [0.1, 0.15) is 239 Å². The van der Waals surface area contributed by atoms with Crippen molar-refractivity contribution in [3.05, 3.63) is 24.3 Å². The summed E-state index contributed by atoms with van der Waals surface area (Å²) in [6.07, 6.45) is 59.9. The summed E-state index contributed by atoms with van der Waals surface area (Å²) in [5.41, 5.74) is 0. The smallest absolute Gasteiger partial charge is 0.0348 e. The first-order valence-electron chi connectivity index (χ1n) is 19.7. The highest BCUT2D eigenvalue weighted by Gasteiger charge is 1.96. The van der Waals surface area contributed by atoms with Gasteiger partial charge in [0.2, 0.25) is 0 Å². The first-order chi connectivity index (χ1) is 20.4. The van der Waals surface area contributed by atoms with Crippen LogP contribution >= 0.6 is 0 Å². The molecule has 0 aliphatic heterocycles. The number of unbranched alkanes of at least 4 members (excludes halogenated alkanes) is 33. The topological polar surface area (TPSA) is 0 Å². The Hall–Kier alpha value is -0.520. The van der Waals surface area contributed by atoms with E-state index < -0.39 is 0 Å². The Bertz CT molecular complexity index is 486. The molecule has 0 fully saturated rings. The highest BCUT2D eigenvalue weighted by Crippen LogP contribution is 2.16. The third kappa shape index (κ3) is 39.5. The van der Waals surface area contributed by atoms with Crippen LogP contribution < -0.4 is 0 Å². The summed E-state index contributed by atoms with van der Waals surface area (Å²) in [7, 11) is 0. The van der Waals surface area contributed by atoms with Gasteiger partial charge < -0.3 is 0 Å². The van der Waals surface area contributed by atoms with E-state index in [1.807, 2.05) is 0 Å². The molecule has 41 heavy (non-hydrogen) atoms. The third-order valence-electron chi connectivity index (χ3n) is 9.08. The summed E-state index contributed by atoms with van der Waals surface area (Å²) in [4.78, 5) is 0. The maximum atomic E-state index is 2.38. The molecule has 0 aromatic rings. The Labute approximate surface area is 262 Å². The molecule has 244 valence electrons. The molecule has 0 radical (unpaired) electrons. The highest BCUT2D eigenvalue weighted by atomic mass is 14.0. The summed E-state index contributed by atoms with van der Waals surface area (Å²) in [5, 5.41) is 0. The molecule has 0 saturated heterocycles. The van der Waals surface area contributed by atoms with E-state index in [4.69, 9.17) is 0 Å². The minimum Gasteiger partial charge on any atom is -0.0845 e. The molecule has 0 aliphatic carbocycles. The van der Waals surface area contributed by atoms with Crippen LogP contribution in [0.5, 0.6) is 0 Å². The number of hydrogen-bond acceptors (Lipinski definition) is 0. The van der Waals surface area contributed by atoms with Gasteiger partial charge in [-0.3, -0.25) is 0 Å². The van der Waals surface area contributed by atoms with E-state index in [9.17, 15) is 0 Å². The molecule has 0 unspecified atom stereocenters. The second kappa shape index (κ2) is 39.5. The van der Waals surface area contributed by atoms with Crippen molar-refractivity contribution in [2.24, 2.45) is 0 Å². The molecule has 0 spiro atoms. The highest BCUT2D eigenvalue weighted by molar-refractivity contribution is 5.02. The zero-order chi connectivity index (χ0) is 29.6. The van der Waals surface area contributed by atoms with Crippen LogP contribution in [-0.4, -0.2) is 0 Å². The minimum absolute atomic E-state index is 1.27. The molecule has 0 aliphatic rings. The molecule has 0 heterocycles. The van der Waals surface area contributed by atoms with E-state index in [0.717, 1.165) is 0 Å². The van der Waals surface area contributed by atoms with Gasteiger partial charge in [0.05, 0.1) is 0 Å². The molecule has 0 aromatic heterocycles. The van der Waals surface area contributed by atoms with Crippen LogP contribution in [0.2, 0.25) is 0 Å². The largest absolute Gasteiger partial charge is 0.0845 e. The predicted molar refractivity (Wildman–Crippen MR) is 191 cm³/mol. The molecule has 0 amide bonds. The van der Waals surface area contributed by atoms with Gasteiger partial charge in [0.15, 0.2) is 0 Å². The Kier molecular flexibility index (Phi) is 39.0. The van der Waals surface area contributed by atoms with E-state index in [2.05, 4.69) is 38.2 Å². The number of hydrogen-bond donors (Lipinski definition) is 0. The van der Waals surface area contributed by atoms with Gasteiger partial charge in [0.1, 0.15) is 0 Å². The standard InChI is InChI=1S/C41H80/c1-3-5-7-9-11-13-15-17-19-21-23-25-27-29-31-33-35-37-39-41-40-38-36-34-32-30-28-26-24-22-20-18-16-14-12-10-8-6-4-2/h37,39-41H,3-36,38H2,1-2H3/b39-37+,41-40?. The Morgan fingerprint density at radius 2 is 0.390 bits per heavy atom. The lowest BCUT2D eigenvalue weighted by molar-refractivity contribution is 0.527. The number of rotatable bonds is 36. The molecule has 0 nitrogen and oxygen atoms in total. The quantitative estimate of drug-likeness (QED) is 0.0517. The zero-order valence-electron chi connectivity index (χ0n) is 29.1. The van der Waals surface area contributed by atoms with Gasteiger partial charge in [-0.05, 0) is 25.7 Å². The average Bonchev–Trinajstić information content (AvgIpc) is 2.98. The fraction of sp³-hybridized carbons (Fsp3) is 0.902. The zero-order valence-corrected chi connectivity index (χ0v) is 29.1. The normalized spacial score (nSPS) is 12.0. The summed E-state index contributed by atoms with van der Waals surface area (Å²) in [5.74, 6) is 0. The van der Waals surface area contributed by atoms with E-state index in [1.165, 1.54) is 225 Å². The third-order valence-corrected chi connectivity index (χ3v) is 9.08. The first-order valence-corrected chi connectivity index (χ1v) is 19.7. The fourth-order valence-electron chi connectivity index (χ4n) is 6.15. The maximum absolute atomic E-state index is 2.38. The predicted octanol–water partition coefficient (Wildman–Crippen LogP) is 15.8. The van der Waals surface area contributed by atoms with E-state index >= 15 is 0 Å². The van der Waals surface area contributed by atoms with E-state index in [1.54, 1.807) is 0 Å². The molecule has 0 rings (SSSR count). The number of allylic oxidation sites excluding steroid dienone is 4. The molecular weight excluding hydrogens is 492 g/mol. The van der Waals surface area contributed by atoms with Gasteiger partial charge in [-0.25, -0.2) is 0 Å². The second-order valence-corrected chi connectivity index (χ2v) is 13.4. The molecular formula is C41H80. The monoisotopic (exact) mass is 573 g/mol. The van der Waals surface area contributed by atoms with Gasteiger partial charge in [0.25, 0.3) is 0 Å². The first kappa shape index (κ1) is 40.5. The van der Waals surface area contributed by atoms with Crippen molar-refractivity contribution in [1.29, 1.82) is 0 Å². The van der Waals surface area contributed by atoms with Crippen molar-refractivity contribution >= 4 is 0 Å². The Balaban J connectivity index is 3.14. The van der Waals surface area contributed by atoms with E-state index in [-0.39, 0.29) is 0 Å². The summed E-state index contributed by atoms with van der Waals surface area (Å²) >= 11 is 0. The van der Waals surface area contributed by atoms with Crippen molar-refractivity contribution in [3.63, 3.8) is 0 Å². The minimum atomic E-state index is 1.27. The molecule has 0 atom stereocenters. The molecule has 0 aromatic carbocycles. The second-order valence-electron chi connectivity index (χ2n) is 13.4. The molecule has 0 saturated carbocycles. The lowest BCUT2D eigenvalue weighted by atomic mass is 10.0.